The van der Waals surface area contributed by atoms with Crippen LogP contribution in [0.3, 0.4) is 0 Å². The van der Waals surface area contributed by atoms with Crippen LogP contribution >= 0.6 is 0 Å². The van der Waals surface area contributed by atoms with Crippen LogP contribution < -0.4 is 10.6 Å². The van der Waals surface area contributed by atoms with E-state index in [9.17, 15) is 4.79 Å². The van der Waals surface area contributed by atoms with Gasteiger partial charge in [-0.15, -0.1) is 0 Å². The quantitative estimate of drug-likeness (QED) is 0.670. The molecule has 4 heteroatoms. The summed E-state index contributed by atoms with van der Waals surface area (Å²) in [6.07, 6.45) is 0.651. The van der Waals surface area contributed by atoms with E-state index in [-0.39, 0.29) is 12.1 Å². The van der Waals surface area contributed by atoms with E-state index < -0.39 is 5.60 Å². The molecule has 1 aliphatic heterocycles. The molecule has 1 aliphatic rings. The van der Waals surface area contributed by atoms with Gasteiger partial charge in [-0.25, -0.2) is 4.79 Å². The Hall–Kier alpha value is -0.770. The van der Waals surface area contributed by atoms with Crippen LogP contribution in [0.4, 0.5) is 4.79 Å². The van der Waals surface area contributed by atoms with Crippen molar-refractivity contribution in [2.75, 3.05) is 6.54 Å². The third-order valence-electron chi connectivity index (χ3n) is 2.07. The molecule has 1 amide bonds. The number of amides is 1. The average molecular weight is 200 g/mol. The van der Waals surface area contributed by atoms with Crippen LogP contribution in [0.25, 0.3) is 0 Å². The molecule has 0 radical (unpaired) electrons. The van der Waals surface area contributed by atoms with Gasteiger partial charge in [0.1, 0.15) is 5.60 Å². The molecule has 0 aromatic rings. The van der Waals surface area contributed by atoms with Crippen molar-refractivity contribution >= 4 is 6.09 Å². The molecule has 0 spiro atoms. The van der Waals surface area contributed by atoms with E-state index in [1.807, 2.05) is 20.8 Å². The van der Waals surface area contributed by atoms with Gasteiger partial charge in [-0.2, -0.15) is 0 Å². The van der Waals surface area contributed by atoms with Gasteiger partial charge in [0, 0.05) is 18.6 Å². The SMILES string of the molecule is C[C@@H]1C[C@H](NC(=O)OC(C)(C)C)CN1. The molecule has 2 N–H and O–H groups in total. The monoisotopic (exact) mass is 200 g/mol. The number of carbonyl (C=O) groups is 1. The third kappa shape index (κ3) is 3.96. The summed E-state index contributed by atoms with van der Waals surface area (Å²) in [5.74, 6) is 0. The number of carbonyl (C=O) groups excluding carboxylic acids is 1. The molecule has 4 nitrogen and oxygen atoms in total. The maximum absolute atomic E-state index is 11.4. The van der Waals surface area contributed by atoms with Crippen LogP contribution in [0.2, 0.25) is 0 Å². The highest BCUT2D eigenvalue weighted by molar-refractivity contribution is 5.68. The molecule has 0 saturated carbocycles. The largest absolute Gasteiger partial charge is 0.444 e. The van der Waals surface area contributed by atoms with Gasteiger partial charge in [0.25, 0.3) is 0 Å². The van der Waals surface area contributed by atoms with Gasteiger partial charge in [-0.05, 0) is 34.1 Å². The molecule has 0 aromatic carbocycles. The van der Waals surface area contributed by atoms with Gasteiger partial charge in [-0.3, -0.25) is 0 Å². The Morgan fingerprint density at radius 3 is 2.57 bits per heavy atom. The lowest BCUT2D eigenvalue weighted by Crippen LogP contribution is -2.40. The highest BCUT2D eigenvalue weighted by Crippen LogP contribution is 2.09. The standard InChI is InChI=1S/C10H20N2O2/c1-7-5-8(6-11-7)12-9(13)14-10(2,3)4/h7-8,11H,5-6H2,1-4H3,(H,12,13)/t7-,8+/m1/s1. The molecule has 14 heavy (non-hydrogen) atoms. The van der Waals surface area contributed by atoms with Crippen molar-refractivity contribution in [2.45, 2.75) is 51.8 Å². The highest BCUT2D eigenvalue weighted by Gasteiger charge is 2.24. The number of ether oxygens (including phenoxy) is 1. The first-order chi connectivity index (χ1) is 6.37. The van der Waals surface area contributed by atoms with Gasteiger partial charge in [-0.1, -0.05) is 0 Å². The summed E-state index contributed by atoms with van der Waals surface area (Å²) in [7, 11) is 0. The number of rotatable bonds is 1. The highest BCUT2D eigenvalue weighted by atomic mass is 16.6. The van der Waals surface area contributed by atoms with E-state index in [2.05, 4.69) is 17.6 Å². The minimum absolute atomic E-state index is 0.208. The van der Waals surface area contributed by atoms with Crippen LogP contribution in [0, 0.1) is 0 Å². The molecule has 0 aliphatic carbocycles. The predicted molar refractivity (Wildman–Crippen MR) is 55.2 cm³/mol. The second kappa shape index (κ2) is 4.17. The second-order valence-electron chi connectivity index (χ2n) is 4.89. The van der Waals surface area contributed by atoms with Crippen molar-refractivity contribution < 1.29 is 9.53 Å². The molecule has 1 heterocycles. The van der Waals surface area contributed by atoms with Gasteiger partial charge in [0.05, 0.1) is 0 Å². The lowest BCUT2D eigenvalue weighted by molar-refractivity contribution is 0.0508. The predicted octanol–water partition coefficient (Wildman–Crippen LogP) is 1.26. The van der Waals surface area contributed by atoms with E-state index in [1.165, 1.54) is 0 Å². The average Bonchev–Trinajstić information content (AvgIpc) is 2.30. The topological polar surface area (TPSA) is 50.4 Å². The summed E-state index contributed by atoms with van der Waals surface area (Å²) >= 11 is 0. The van der Waals surface area contributed by atoms with Gasteiger partial charge < -0.3 is 15.4 Å². The van der Waals surface area contributed by atoms with Gasteiger partial charge in [0.15, 0.2) is 0 Å². The first kappa shape index (κ1) is 11.3. The fourth-order valence-electron chi connectivity index (χ4n) is 1.52. The summed E-state index contributed by atoms with van der Waals surface area (Å²) < 4.78 is 5.16. The van der Waals surface area contributed by atoms with E-state index in [4.69, 9.17) is 4.74 Å². The molecular weight excluding hydrogens is 180 g/mol. The lowest BCUT2D eigenvalue weighted by Gasteiger charge is -2.21. The molecule has 0 unspecified atom stereocenters. The summed E-state index contributed by atoms with van der Waals surface area (Å²) in [5.41, 5.74) is -0.415. The van der Waals surface area contributed by atoms with Crippen molar-refractivity contribution in [1.29, 1.82) is 0 Å². The first-order valence-corrected chi connectivity index (χ1v) is 5.10. The Morgan fingerprint density at radius 1 is 1.50 bits per heavy atom. The molecule has 1 saturated heterocycles. The maximum Gasteiger partial charge on any atom is 0.407 e. The van der Waals surface area contributed by atoms with Crippen molar-refractivity contribution in [3.05, 3.63) is 0 Å². The normalized spacial score (nSPS) is 27.4. The number of alkyl carbamates (subject to hydrolysis) is 1. The molecule has 0 bridgehead atoms. The molecule has 1 rings (SSSR count). The molecule has 0 aromatic heterocycles. The van der Waals surface area contributed by atoms with E-state index in [0.29, 0.717) is 6.04 Å². The second-order valence-corrected chi connectivity index (χ2v) is 4.89. The Kier molecular flexibility index (Phi) is 3.37. The minimum atomic E-state index is -0.415. The van der Waals surface area contributed by atoms with Crippen molar-refractivity contribution in [3.63, 3.8) is 0 Å². The van der Waals surface area contributed by atoms with Crippen LogP contribution in [0.5, 0.6) is 0 Å². The van der Waals surface area contributed by atoms with Gasteiger partial charge in [0.2, 0.25) is 0 Å². The zero-order valence-electron chi connectivity index (χ0n) is 9.39. The fraction of sp³-hybridized carbons (Fsp3) is 0.900. The first-order valence-electron chi connectivity index (χ1n) is 5.10. The maximum atomic E-state index is 11.4. The zero-order valence-corrected chi connectivity index (χ0v) is 9.39. The zero-order chi connectivity index (χ0) is 10.8. The summed E-state index contributed by atoms with van der Waals surface area (Å²) in [6.45, 7) is 8.53. The summed E-state index contributed by atoms with van der Waals surface area (Å²) in [5, 5.41) is 6.11. The van der Waals surface area contributed by atoms with Gasteiger partial charge >= 0.3 is 6.09 Å². The molecule has 82 valence electrons. The van der Waals surface area contributed by atoms with E-state index >= 15 is 0 Å². The smallest absolute Gasteiger partial charge is 0.407 e. The molecule has 2 atom stereocenters. The lowest BCUT2D eigenvalue weighted by atomic mass is 10.2. The Bertz CT molecular complexity index is 211. The van der Waals surface area contributed by atoms with Crippen molar-refractivity contribution in [2.24, 2.45) is 0 Å². The number of nitrogens with one attached hydrogen (secondary N) is 2. The Labute approximate surface area is 85.4 Å². The molecule has 1 fully saturated rings. The van der Waals surface area contributed by atoms with Crippen molar-refractivity contribution in [1.82, 2.24) is 10.6 Å². The summed E-state index contributed by atoms with van der Waals surface area (Å²) in [6, 6.07) is 0.690. The Balaban J connectivity index is 2.27. The summed E-state index contributed by atoms with van der Waals surface area (Å²) in [4.78, 5) is 11.4. The molecular formula is C10H20N2O2. The minimum Gasteiger partial charge on any atom is -0.444 e. The fourth-order valence-corrected chi connectivity index (χ4v) is 1.52. The van der Waals surface area contributed by atoms with Crippen molar-refractivity contribution in [3.8, 4) is 0 Å². The third-order valence-corrected chi connectivity index (χ3v) is 2.07. The number of hydrogen-bond acceptors (Lipinski definition) is 3. The van der Waals surface area contributed by atoms with Crippen LogP contribution in [0.1, 0.15) is 34.1 Å². The van der Waals surface area contributed by atoms with Crippen LogP contribution in [-0.4, -0.2) is 30.3 Å². The van der Waals surface area contributed by atoms with E-state index in [0.717, 1.165) is 13.0 Å². The number of hydrogen-bond donors (Lipinski definition) is 2. The van der Waals surface area contributed by atoms with Crippen LogP contribution in [0.15, 0.2) is 0 Å². The van der Waals surface area contributed by atoms with E-state index in [1.54, 1.807) is 0 Å². The Morgan fingerprint density at radius 2 is 2.14 bits per heavy atom. The van der Waals surface area contributed by atoms with Crippen LogP contribution in [-0.2, 0) is 4.74 Å².